The van der Waals surface area contributed by atoms with Crippen LogP contribution in [0.1, 0.15) is 5.56 Å². The zero-order valence-corrected chi connectivity index (χ0v) is 12.0. The van der Waals surface area contributed by atoms with Crippen LogP contribution in [0.4, 0.5) is 10.2 Å². The lowest BCUT2D eigenvalue weighted by Gasteiger charge is -2.03. The van der Waals surface area contributed by atoms with E-state index in [-0.39, 0.29) is 11.4 Å². The zero-order valence-electron chi connectivity index (χ0n) is 11.3. The molecule has 22 heavy (non-hydrogen) atoms. The molecule has 0 unspecified atom stereocenters. The van der Waals surface area contributed by atoms with Crippen LogP contribution in [-0.2, 0) is 0 Å². The van der Waals surface area contributed by atoms with Crippen molar-refractivity contribution in [3.8, 4) is 23.0 Å². The molecule has 0 bridgehead atoms. The predicted octanol–water partition coefficient (Wildman–Crippen LogP) is 3.79. The van der Waals surface area contributed by atoms with Gasteiger partial charge in [0.15, 0.2) is 0 Å². The van der Waals surface area contributed by atoms with Crippen LogP contribution in [0.5, 0.6) is 0 Å². The van der Waals surface area contributed by atoms with E-state index >= 15 is 0 Å². The molecule has 0 atom stereocenters. The monoisotopic (exact) mass is 312 g/mol. The molecule has 0 radical (unpaired) electrons. The summed E-state index contributed by atoms with van der Waals surface area (Å²) in [6.45, 7) is 0. The normalized spacial score (nSPS) is 10.4. The summed E-state index contributed by atoms with van der Waals surface area (Å²) in [6.07, 6.45) is 0. The molecule has 0 fully saturated rings. The van der Waals surface area contributed by atoms with Crippen molar-refractivity contribution in [3.63, 3.8) is 0 Å². The van der Waals surface area contributed by atoms with Gasteiger partial charge in [0.05, 0.1) is 5.69 Å². The highest BCUT2D eigenvalue weighted by atomic mass is 35.5. The smallest absolute Gasteiger partial charge is 0.145 e. The number of nitrogens with two attached hydrogens (primary N) is 1. The van der Waals surface area contributed by atoms with E-state index in [1.807, 2.05) is 6.07 Å². The number of anilines is 1. The number of aromatic nitrogens is 2. The van der Waals surface area contributed by atoms with Crippen LogP contribution >= 0.6 is 11.6 Å². The lowest BCUT2D eigenvalue weighted by atomic mass is 10.1. The zero-order chi connectivity index (χ0) is 15.7. The third-order valence-corrected chi connectivity index (χ3v) is 3.42. The summed E-state index contributed by atoms with van der Waals surface area (Å²) in [5, 5.41) is 14.2. The Hall–Kier alpha value is -2.84. The number of nitrogen functional groups attached to an aromatic ring is 1. The van der Waals surface area contributed by atoms with Crippen molar-refractivity contribution in [2.45, 2.75) is 0 Å². The second-order valence-corrected chi connectivity index (χ2v) is 5.06. The molecule has 3 aromatic rings. The van der Waals surface area contributed by atoms with Gasteiger partial charge in [0, 0.05) is 10.6 Å². The molecule has 0 saturated heterocycles. The third-order valence-electron chi connectivity index (χ3n) is 3.18. The molecule has 0 saturated carbocycles. The van der Waals surface area contributed by atoms with Crippen LogP contribution in [0.2, 0.25) is 5.02 Å². The van der Waals surface area contributed by atoms with Crippen molar-refractivity contribution in [1.29, 1.82) is 5.26 Å². The van der Waals surface area contributed by atoms with Gasteiger partial charge in [0.1, 0.15) is 29.0 Å². The lowest BCUT2D eigenvalue weighted by molar-refractivity contribution is 0.628. The average molecular weight is 313 g/mol. The minimum Gasteiger partial charge on any atom is -0.382 e. The number of halogens is 2. The summed E-state index contributed by atoms with van der Waals surface area (Å²) in [4.78, 5) is 0. The van der Waals surface area contributed by atoms with Crippen LogP contribution in [-0.4, -0.2) is 9.78 Å². The van der Waals surface area contributed by atoms with E-state index in [1.54, 1.807) is 36.4 Å². The van der Waals surface area contributed by atoms with Crippen LogP contribution in [0.15, 0.2) is 48.5 Å². The molecule has 2 N–H and O–H groups in total. The molecule has 108 valence electrons. The quantitative estimate of drug-likeness (QED) is 0.783. The first-order chi connectivity index (χ1) is 10.6. The lowest BCUT2D eigenvalue weighted by Crippen LogP contribution is -2.02. The first kappa shape index (κ1) is 14.1. The van der Waals surface area contributed by atoms with Gasteiger partial charge in [-0.25, -0.2) is 9.07 Å². The van der Waals surface area contributed by atoms with E-state index < -0.39 is 5.82 Å². The standard InChI is InChI=1S/C16H10ClFN4/c17-11-4-2-6-13(8-11)22-16(20)14(9-19)15(21-22)10-3-1-5-12(18)7-10/h1-8H,20H2. The molecule has 0 aliphatic carbocycles. The molecule has 0 spiro atoms. The summed E-state index contributed by atoms with van der Waals surface area (Å²) < 4.78 is 14.8. The fraction of sp³-hybridized carbons (Fsp3) is 0. The molecule has 4 nitrogen and oxygen atoms in total. The van der Waals surface area contributed by atoms with E-state index in [0.717, 1.165) is 0 Å². The Morgan fingerprint density at radius 2 is 1.95 bits per heavy atom. The number of hydrogen-bond acceptors (Lipinski definition) is 3. The van der Waals surface area contributed by atoms with Gasteiger partial charge in [-0.15, -0.1) is 0 Å². The molecule has 1 aromatic heterocycles. The molecule has 2 aromatic carbocycles. The molecule has 0 aliphatic rings. The Kier molecular flexibility index (Phi) is 3.53. The Morgan fingerprint density at radius 1 is 1.18 bits per heavy atom. The van der Waals surface area contributed by atoms with Crippen molar-refractivity contribution < 1.29 is 4.39 Å². The molecule has 6 heteroatoms. The van der Waals surface area contributed by atoms with Gasteiger partial charge < -0.3 is 5.73 Å². The predicted molar refractivity (Wildman–Crippen MR) is 83.1 cm³/mol. The SMILES string of the molecule is N#Cc1c(-c2cccc(F)c2)nn(-c2cccc(Cl)c2)c1N. The first-order valence-electron chi connectivity index (χ1n) is 6.40. The Bertz CT molecular complexity index is 895. The van der Waals surface area contributed by atoms with Gasteiger partial charge in [-0.3, -0.25) is 0 Å². The highest BCUT2D eigenvalue weighted by molar-refractivity contribution is 6.30. The number of benzene rings is 2. The number of nitrogens with zero attached hydrogens (tertiary/aromatic N) is 3. The van der Waals surface area contributed by atoms with Crippen molar-refractivity contribution in [1.82, 2.24) is 9.78 Å². The minimum absolute atomic E-state index is 0.184. The van der Waals surface area contributed by atoms with Crippen LogP contribution in [0, 0.1) is 17.1 Å². The van der Waals surface area contributed by atoms with Gasteiger partial charge in [0.2, 0.25) is 0 Å². The van der Waals surface area contributed by atoms with E-state index in [1.165, 1.54) is 16.8 Å². The van der Waals surface area contributed by atoms with Gasteiger partial charge in [-0.2, -0.15) is 10.4 Å². The molecule has 0 aliphatic heterocycles. The average Bonchev–Trinajstić information content (AvgIpc) is 2.84. The molecule has 3 rings (SSSR count). The Balaban J connectivity index is 2.22. The Morgan fingerprint density at radius 3 is 2.64 bits per heavy atom. The topological polar surface area (TPSA) is 67.6 Å². The molecule has 0 amide bonds. The van der Waals surface area contributed by atoms with Crippen molar-refractivity contribution >= 4 is 17.4 Å². The fourth-order valence-electron chi connectivity index (χ4n) is 2.18. The second kappa shape index (κ2) is 5.51. The molecular formula is C16H10ClFN4. The van der Waals surface area contributed by atoms with Crippen molar-refractivity contribution in [2.24, 2.45) is 0 Å². The van der Waals surface area contributed by atoms with Crippen molar-refractivity contribution in [3.05, 3.63) is 64.9 Å². The van der Waals surface area contributed by atoms with E-state index in [4.69, 9.17) is 17.3 Å². The van der Waals surface area contributed by atoms with Gasteiger partial charge >= 0.3 is 0 Å². The van der Waals surface area contributed by atoms with Crippen LogP contribution in [0.3, 0.4) is 0 Å². The molecule has 1 heterocycles. The van der Waals surface area contributed by atoms with Gasteiger partial charge in [-0.1, -0.05) is 29.8 Å². The maximum absolute atomic E-state index is 13.4. The summed E-state index contributed by atoms with van der Waals surface area (Å²) in [6, 6.07) is 14.8. The van der Waals surface area contributed by atoms with E-state index in [9.17, 15) is 9.65 Å². The highest BCUT2D eigenvalue weighted by Crippen LogP contribution is 2.29. The minimum atomic E-state index is -0.405. The van der Waals surface area contributed by atoms with E-state index in [2.05, 4.69) is 5.10 Å². The van der Waals surface area contributed by atoms with Crippen LogP contribution < -0.4 is 5.73 Å². The first-order valence-corrected chi connectivity index (χ1v) is 6.78. The summed E-state index contributed by atoms with van der Waals surface area (Å²) >= 11 is 5.97. The number of hydrogen-bond donors (Lipinski definition) is 1. The maximum atomic E-state index is 13.4. The maximum Gasteiger partial charge on any atom is 0.145 e. The fourth-order valence-corrected chi connectivity index (χ4v) is 2.37. The summed E-state index contributed by atoms with van der Waals surface area (Å²) in [5.41, 5.74) is 7.66. The van der Waals surface area contributed by atoms with E-state index in [0.29, 0.717) is 22.0 Å². The Labute approximate surface area is 131 Å². The number of nitriles is 1. The van der Waals surface area contributed by atoms with Gasteiger partial charge in [-0.05, 0) is 30.3 Å². The highest BCUT2D eigenvalue weighted by Gasteiger charge is 2.18. The summed E-state index contributed by atoms with van der Waals surface area (Å²) in [7, 11) is 0. The number of rotatable bonds is 2. The molecular weight excluding hydrogens is 303 g/mol. The van der Waals surface area contributed by atoms with Crippen LogP contribution in [0.25, 0.3) is 16.9 Å². The third kappa shape index (κ3) is 2.41. The largest absolute Gasteiger partial charge is 0.382 e. The van der Waals surface area contributed by atoms with Crippen molar-refractivity contribution in [2.75, 3.05) is 5.73 Å². The van der Waals surface area contributed by atoms with Gasteiger partial charge in [0.25, 0.3) is 0 Å². The second-order valence-electron chi connectivity index (χ2n) is 4.62. The summed E-state index contributed by atoms with van der Waals surface area (Å²) in [5.74, 6) is -0.221.